The highest BCUT2D eigenvalue weighted by atomic mass is 79.9. The zero-order chi connectivity index (χ0) is 40.0. The van der Waals surface area contributed by atoms with E-state index in [4.69, 9.17) is 35.6 Å². The van der Waals surface area contributed by atoms with Crippen LogP contribution in [-0.4, -0.2) is 103 Å². The number of carbonyl (C=O) groups is 7. The summed E-state index contributed by atoms with van der Waals surface area (Å²) in [5.74, 6) is -6.25. The van der Waals surface area contributed by atoms with Gasteiger partial charge in [0, 0.05) is 12.8 Å². The van der Waals surface area contributed by atoms with Crippen molar-refractivity contribution in [2.75, 3.05) is 18.4 Å². The number of benzene rings is 2. The van der Waals surface area contributed by atoms with Crippen molar-refractivity contribution in [3.05, 3.63) is 71.8 Å². The molecule has 2 rings (SSSR count). The Labute approximate surface area is 316 Å². The van der Waals surface area contributed by atoms with Crippen LogP contribution in [0, 0.1) is 0 Å². The molecule has 0 aliphatic carbocycles. The fourth-order valence-electron chi connectivity index (χ4n) is 4.42. The molecule has 0 bridgehead atoms. The van der Waals surface area contributed by atoms with Gasteiger partial charge in [0.2, 0.25) is 0 Å². The number of hydrogen-bond donors (Lipinski definition) is 6. The van der Waals surface area contributed by atoms with Gasteiger partial charge in [0.25, 0.3) is 0 Å². The first-order valence-electron chi connectivity index (χ1n) is 16.7. The monoisotopic (exact) mass is 812 g/mol. The lowest BCUT2D eigenvalue weighted by atomic mass is 10.1. The highest BCUT2D eigenvalue weighted by Crippen LogP contribution is 2.13. The Hall–Kier alpha value is -4.87. The van der Waals surface area contributed by atoms with Crippen molar-refractivity contribution in [1.82, 2.24) is 4.90 Å². The predicted octanol–water partition coefficient (Wildman–Crippen LogP) is 4.16. The highest BCUT2D eigenvalue weighted by molar-refractivity contribution is 9.09. The number of hydrogen-bond acceptors (Lipinski definition) is 11. The number of carboxylic acids is 5. The van der Waals surface area contributed by atoms with Crippen LogP contribution in [-0.2, 0) is 56.2 Å². The second-order valence-corrected chi connectivity index (χ2v) is 12.1. The average Bonchev–Trinajstić information content (AvgIpc) is 3.11. The fraction of sp³-hybridized carbons (Fsp3) is 0.472. The minimum absolute atomic E-state index is 0.0347. The maximum atomic E-state index is 11.7. The summed E-state index contributed by atoms with van der Waals surface area (Å²) in [6, 6.07) is 16.7. The Bertz CT molecular complexity index is 1380. The molecule has 0 saturated heterocycles. The van der Waals surface area contributed by atoms with Gasteiger partial charge in [-0.25, -0.2) is 0 Å². The van der Waals surface area contributed by atoms with E-state index in [-0.39, 0.29) is 36.7 Å². The molecule has 2 unspecified atom stereocenters. The maximum Gasteiger partial charge on any atom is 0.320 e. The van der Waals surface area contributed by atoms with E-state index >= 15 is 0 Å². The van der Waals surface area contributed by atoms with Crippen LogP contribution in [0.1, 0.15) is 75.3 Å². The van der Waals surface area contributed by atoms with Gasteiger partial charge < -0.3 is 40.7 Å². The fourth-order valence-corrected chi connectivity index (χ4v) is 4.42. The summed E-state index contributed by atoms with van der Waals surface area (Å²) in [5, 5.41) is 43.3. The normalized spacial score (nSPS) is 11.4. The summed E-state index contributed by atoms with van der Waals surface area (Å²) in [6.07, 6.45) is 4.71. The average molecular weight is 814 g/mol. The van der Waals surface area contributed by atoms with Crippen molar-refractivity contribution in [3.8, 4) is 0 Å². The third kappa shape index (κ3) is 27.5. The molecule has 0 amide bonds. The van der Waals surface area contributed by atoms with Gasteiger partial charge in [-0.15, -0.1) is 0 Å². The third-order valence-corrected chi connectivity index (χ3v) is 7.55. The van der Waals surface area contributed by atoms with Crippen LogP contribution >= 0.6 is 15.9 Å². The number of carboxylic acid groups (broad SMARTS) is 5. The van der Waals surface area contributed by atoms with Crippen LogP contribution in [0.2, 0.25) is 0 Å². The Kier molecular flexibility index (Phi) is 27.0. The SMILES string of the molecule is NC(CCCCCC(=O)OCc1ccccc1)C(=O)O.O=C(O)CBr.O=C(O)CN(CC(=O)O)C(CCCCCC(=O)OCc1ccccc1)C(=O)O. The highest BCUT2D eigenvalue weighted by Gasteiger charge is 2.28. The molecule has 0 spiro atoms. The Morgan fingerprint density at radius 1 is 0.585 bits per heavy atom. The standard InChI is InChI=1S/C19H25NO8.C15H21NO4.C2H3BrO2/c21-16(22)11-20(12-17(23)24)15(19(26)27)9-5-2-6-10-18(25)28-13-14-7-3-1-4-8-14;16-13(15(18)19)9-5-2-6-10-14(17)20-11-12-7-3-1-4-8-12;3-1-2(4)5/h1,3-4,7-8,15H,2,5-6,9-13H2,(H,21,22)(H,23,24)(H,26,27);1,3-4,7-8,13H,2,5-6,9-11,16H2,(H,18,19);1H2,(H,4,5). The molecule has 0 saturated carbocycles. The van der Waals surface area contributed by atoms with E-state index in [0.29, 0.717) is 51.6 Å². The first-order valence-corrected chi connectivity index (χ1v) is 17.8. The van der Waals surface area contributed by atoms with Crippen molar-refractivity contribution in [3.63, 3.8) is 0 Å². The van der Waals surface area contributed by atoms with Gasteiger partial charge in [0.15, 0.2) is 0 Å². The topological polar surface area (TPSA) is 268 Å². The van der Waals surface area contributed by atoms with Gasteiger partial charge >= 0.3 is 41.8 Å². The molecular formula is C36H49BrN2O14. The molecule has 17 heteroatoms. The van der Waals surface area contributed by atoms with E-state index in [1.165, 1.54) is 0 Å². The number of rotatable bonds is 24. The lowest BCUT2D eigenvalue weighted by Crippen LogP contribution is -2.46. The lowest BCUT2D eigenvalue weighted by Gasteiger charge is -2.25. The quantitative estimate of drug-likeness (QED) is 0.0493. The van der Waals surface area contributed by atoms with E-state index in [9.17, 15) is 38.7 Å². The Balaban J connectivity index is 0.000000941. The first-order chi connectivity index (χ1) is 25.2. The smallest absolute Gasteiger partial charge is 0.320 e. The molecule has 0 aliphatic rings. The zero-order valence-corrected chi connectivity index (χ0v) is 30.9. The largest absolute Gasteiger partial charge is 0.481 e. The lowest BCUT2D eigenvalue weighted by molar-refractivity contribution is -0.150. The van der Waals surface area contributed by atoms with E-state index in [1.807, 2.05) is 60.7 Å². The van der Waals surface area contributed by atoms with Gasteiger partial charge in [-0.3, -0.25) is 38.5 Å². The summed E-state index contributed by atoms with van der Waals surface area (Å²) in [4.78, 5) is 77.0. The van der Waals surface area contributed by atoms with E-state index in [1.54, 1.807) is 0 Å². The number of nitrogens with zero attached hydrogens (tertiary/aromatic N) is 1. The molecule has 16 nitrogen and oxygen atoms in total. The second kappa shape index (κ2) is 29.7. The van der Waals surface area contributed by atoms with Crippen LogP contribution in [0.15, 0.2) is 60.7 Å². The molecule has 0 aromatic heterocycles. The second-order valence-electron chi connectivity index (χ2n) is 11.5. The van der Waals surface area contributed by atoms with Gasteiger partial charge in [-0.05, 0) is 36.8 Å². The summed E-state index contributed by atoms with van der Waals surface area (Å²) in [6.45, 7) is -0.853. The third-order valence-electron chi connectivity index (χ3n) is 7.07. The van der Waals surface area contributed by atoms with Crippen molar-refractivity contribution in [1.29, 1.82) is 0 Å². The number of esters is 2. The van der Waals surface area contributed by atoms with Gasteiger partial charge in [-0.2, -0.15) is 0 Å². The van der Waals surface area contributed by atoms with Crippen molar-refractivity contribution in [2.45, 2.75) is 89.5 Å². The number of aliphatic carboxylic acids is 5. The number of nitrogens with two attached hydrogens (primary N) is 1. The Morgan fingerprint density at radius 3 is 1.32 bits per heavy atom. The van der Waals surface area contributed by atoms with E-state index in [0.717, 1.165) is 22.4 Å². The van der Waals surface area contributed by atoms with E-state index in [2.05, 4.69) is 15.9 Å². The molecule has 2 atom stereocenters. The predicted molar refractivity (Wildman–Crippen MR) is 194 cm³/mol. The maximum absolute atomic E-state index is 11.7. The van der Waals surface area contributed by atoms with Crippen LogP contribution in [0.3, 0.4) is 0 Å². The minimum Gasteiger partial charge on any atom is -0.481 e. The zero-order valence-electron chi connectivity index (χ0n) is 29.3. The van der Waals surface area contributed by atoms with Crippen LogP contribution in [0.5, 0.6) is 0 Å². The summed E-state index contributed by atoms with van der Waals surface area (Å²) < 4.78 is 10.3. The molecule has 0 fully saturated rings. The number of halogens is 1. The van der Waals surface area contributed by atoms with Crippen LogP contribution in [0.25, 0.3) is 0 Å². The molecule has 2 aromatic rings. The molecule has 294 valence electrons. The van der Waals surface area contributed by atoms with Crippen LogP contribution < -0.4 is 5.73 Å². The van der Waals surface area contributed by atoms with E-state index < -0.39 is 55.0 Å². The first kappa shape index (κ1) is 48.1. The Morgan fingerprint density at radius 2 is 0.981 bits per heavy atom. The number of unbranched alkanes of at least 4 members (excludes halogenated alkanes) is 4. The summed E-state index contributed by atoms with van der Waals surface area (Å²) >= 11 is 2.71. The molecule has 0 aliphatic heterocycles. The van der Waals surface area contributed by atoms with Gasteiger partial charge in [-0.1, -0.05) is 102 Å². The van der Waals surface area contributed by atoms with Gasteiger partial charge in [0.05, 0.1) is 13.1 Å². The molecule has 0 heterocycles. The number of ether oxygens (including phenoxy) is 2. The number of alkyl halides is 1. The van der Waals surface area contributed by atoms with Crippen molar-refractivity contribution in [2.24, 2.45) is 5.73 Å². The minimum atomic E-state index is -1.30. The van der Waals surface area contributed by atoms with Crippen LogP contribution in [0.4, 0.5) is 0 Å². The molecular weight excluding hydrogens is 764 g/mol. The molecule has 2 aromatic carbocycles. The molecule has 53 heavy (non-hydrogen) atoms. The molecule has 0 radical (unpaired) electrons. The summed E-state index contributed by atoms with van der Waals surface area (Å²) in [5.41, 5.74) is 7.23. The molecule has 7 N–H and O–H groups in total. The van der Waals surface area contributed by atoms with Gasteiger partial charge in [0.1, 0.15) is 30.6 Å². The van der Waals surface area contributed by atoms with Crippen molar-refractivity contribution < 1.29 is 68.6 Å². The number of carbonyl (C=O) groups excluding carboxylic acids is 2. The summed E-state index contributed by atoms with van der Waals surface area (Å²) in [7, 11) is 0. The van der Waals surface area contributed by atoms with Crippen molar-refractivity contribution >= 4 is 57.7 Å².